The van der Waals surface area contributed by atoms with Crippen LogP contribution in [0.3, 0.4) is 0 Å². The van der Waals surface area contributed by atoms with E-state index in [0.29, 0.717) is 0 Å². The van der Waals surface area contributed by atoms with E-state index in [-0.39, 0.29) is 10.8 Å². The molecule has 23 heavy (non-hydrogen) atoms. The largest absolute Gasteiger partial charge is 0.344 e. The molecule has 0 unspecified atom stereocenters. The highest BCUT2D eigenvalue weighted by Gasteiger charge is 2.37. The molecule has 0 saturated carbocycles. The first-order valence-electron chi connectivity index (χ1n) is 8.67. The number of hydrogen-bond acceptors (Lipinski definition) is 1. The predicted molar refractivity (Wildman–Crippen MR) is 101 cm³/mol. The van der Waals surface area contributed by atoms with Crippen molar-refractivity contribution in [3.63, 3.8) is 0 Å². The Labute approximate surface area is 141 Å². The standard InChI is InChI=1S/C22H29N/c1-16-14-18-19(22(4,5)13-12-21(18,2)3)15-20(16)23(6)17-10-8-7-9-11-17/h7-11,14-15H,12-13H2,1-6H3. The van der Waals surface area contributed by atoms with Gasteiger partial charge in [-0.1, -0.05) is 52.0 Å². The van der Waals surface area contributed by atoms with Crippen molar-refractivity contribution in [1.29, 1.82) is 0 Å². The Morgan fingerprint density at radius 3 is 1.91 bits per heavy atom. The Kier molecular flexibility index (Phi) is 3.78. The summed E-state index contributed by atoms with van der Waals surface area (Å²) in [6, 6.07) is 15.5. The minimum atomic E-state index is 0.255. The van der Waals surface area contributed by atoms with Gasteiger partial charge in [0.1, 0.15) is 0 Å². The van der Waals surface area contributed by atoms with Crippen molar-refractivity contribution in [2.75, 3.05) is 11.9 Å². The minimum absolute atomic E-state index is 0.255. The Hall–Kier alpha value is -1.76. The smallest absolute Gasteiger partial charge is 0.0440 e. The third-order valence-corrected chi connectivity index (χ3v) is 5.67. The van der Waals surface area contributed by atoms with Gasteiger partial charge in [-0.15, -0.1) is 0 Å². The van der Waals surface area contributed by atoms with E-state index in [1.54, 1.807) is 0 Å². The maximum Gasteiger partial charge on any atom is 0.0440 e. The number of anilines is 2. The molecule has 0 saturated heterocycles. The van der Waals surface area contributed by atoms with E-state index in [1.807, 2.05) is 0 Å². The van der Waals surface area contributed by atoms with Crippen LogP contribution >= 0.6 is 0 Å². The summed E-state index contributed by atoms with van der Waals surface area (Å²) >= 11 is 0. The zero-order chi connectivity index (χ0) is 16.8. The zero-order valence-corrected chi connectivity index (χ0v) is 15.4. The Morgan fingerprint density at radius 2 is 1.35 bits per heavy atom. The predicted octanol–water partition coefficient (Wildman–Crippen LogP) is 6.11. The number of hydrogen-bond donors (Lipinski definition) is 0. The average molecular weight is 307 g/mol. The third-order valence-electron chi connectivity index (χ3n) is 5.67. The molecule has 1 aliphatic rings. The fourth-order valence-electron chi connectivity index (χ4n) is 3.86. The summed E-state index contributed by atoms with van der Waals surface area (Å²) in [5.74, 6) is 0. The number of benzene rings is 2. The third kappa shape index (κ3) is 2.78. The van der Waals surface area contributed by atoms with Gasteiger partial charge < -0.3 is 4.90 Å². The second-order valence-corrected chi connectivity index (χ2v) is 8.35. The van der Waals surface area contributed by atoms with Gasteiger partial charge in [-0.3, -0.25) is 0 Å². The summed E-state index contributed by atoms with van der Waals surface area (Å²) in [6.45, 7) is 11.8. The quantitative estimate of drug-likeness (QED) is 0.646. The van der Waals surface area contributed by atoms with Gasteiger partial charge in [0.25, 0.3) is 0 Å². The van der Waals surface area contributed by atoms with Gasteiger partial charge in [-0.25, -0.2) is 0 Å². The minimum Gasteiger partial charge on any atom is -0.344 e. The number of fused-ring (bicyclic) bond motifs is 1. The van der Waals surface area contributed by atoms with Gasteiger partial charge in [0, 0.05) is 18.4 Å². The molecule has 1 heteroatoms. The molecule has 0 fully saturated rings. The average Bonchev–Trinajstić information content (AvgIpc) is 2.52. The van der Waals surface area contributed by atoms with Crippen LogP contribution in [0, 0.1) is 6.92 Å². The molecule has 2 aromatic rings. The highest BCUT2D eigenvalue weighted by atomic mass is 15.1. The second-order valence-electron chi connectivity index (χ2n) is 8.35. The number of rotatable bonds is 2. The van der Waals surface area contributed by atoms with Crippen molar-refractivity contribution < 1.29 is 0 Å². The van der Waals surface area contributed by atoms with Gasteiger partial charge in [-0.05, 0) is 65.5 Å². The second kappa shape index (κ2) is 5.40. The summed E-state index contributed by atoms with van der Waals surface area (Å²) in [7, 11) is 2.17. The molecular formula is C22H29N. The molecule has 0 atom stereocenters. The van der Waals surface area contributed by atoms with Crippen LogP contribution in [0.2, 0.25) is 0 Å². The SMILES string of the molecule is Cc1cc2c(cc1N(C)c1ccccc1)C(C)(C)CCC2(C)C. The molecule has 3 rings (SSSR count). The fraction of sp³-hybridized carbons (Fsp3) is 0.455. The lowest BCUT2D eigenvalue weighted by atomic mass is 9.63. The van der Waals surface area contributed by atoms with Crippen molar-refractivity contribution in [3.8, 4) is 0 Å². The number of nitrogens with zero attached hydrogens (tertiary/aromatic N) is 1. The maximum absolute atomic E-state index is 2.44. The van der Waals surface area contributed by atoms with E-state index in [4.69, 9.17) is 0 Å². The Morgan fingerprint density at radius 1 is 0.826 bits per heavy atom. The van der Waals surface area contributed by atoms with Crippen LogP contribution in [0.25, 0.3) is 0 Å². The van der Waals surface area contributed by atoms with E-state index < -0.39 is 0 Å². The molecule has 0 radical (unpaired) electrons. The molecule has 0 amide bonds. The van der Waals surface area contributed by atoms with E-state index in [1.165, 1.54) is 40.9 Å². The highest BCUT2D eigenvalue weighted by Crippen LogP contribution is 2.47. The van der Waals surface area contributed by atoms with Gasteiger partial charge >= 0.3 is 0 Å². The van der Waals surface area contributed by atoms with Crippen LogP contribution in [0.15, 0.2) is 42.5 Å². The van der Waals surface area contributed by atoms with Crippen molar-refractivity contribution >= 4 is 11.4 Å². The van der Waals surface area contributed by atoms with E-state index >= 15 is 0 Å². The highest BCUT2D eigenvalue weighted by molar-refractivity contribution is 5.68. The molecular weight excluding hydrogens is 278 g/mol. The van der Waals surface area contributed by atoms with Gasteiger partial charge in [0.2, 0.25) is 0 Å². The van der Waals surface area contributed by atoms with Crippen molar-refractivity contribution in [1.82, 2.24) is 0 Å². The molecule has 0 bridgehead atoms. The molecule has 0 heterocycles. The van der Waals surface area contributed by atoms with Crippen LogP contribution in [0.4, 0.5) is 11.4 Å². The summed E-state index contributed by atoms with van der Waals surface area (Å²) in [5, 5.41) is 0. The van der Waals surface area contributed by atoms with Crippen molar-refractivity contribution in [2.45, 2.75) is 58.3 Å². The van der Waals surface area contributed by atoms with Gasteiger partial charge in [-0.2, -0.15) is 0 Å². The lowest BCUT2D eigenvalue weighted by molar-refractivity contribution is 0.332. The van der Waals surface area contributed by atoms with Crippen LogP contribution in [0.1, 0.15) is 57.2 Å². The number of para-hydroxylation sites is 1. The molecule has 0 N–H and O–H groups in total. The first-order chi connectivity index (χ1) is 10.7. The van der Waals surface area contributed by atoms with Crippen LogP contribution < -0.4 is 4.90 Å². The fourth-order valence-corrected chi connectivity index (χ4v) is 3.86. The molecule has 1 nitrogen and oxygen atoms in total. The Balaban J connectivity index is 2.15. The van der Waals surface area contributed by atoms with E-state index in [0.717, 1.165) is 0 Å². The molecule has 1 aliphatic carbocycles. The summed E-state index contributed by atoms with van der Waals surface area (Å²) in [4.78, 5) is 2.31. The Bertz CT molecular complexity index is 710. The first-order valence-corrected chi connectivity index (χ1v) is 8.67. The molecule has 0 aromatic heterocycles. The van der Waals surface area contributed by atoms with Crippen LogP contribution in [-0.2, 0) is 10.8 Å². The normalized spacial score (nSPS) is 18.3. The summed E-state index contributed by atoms with van der Waals surface area (Å²) in [5.41, 5.74) is 7.52. The van der Waals surface area contributed by atoms with E-state index in [2.05, 4.69) is 89.0 Å². The van der Waals surface area contributed by atoms with Crippen molar-refractivity contribution in [2.24, 2.45) is 0 Å². The lowest BCUT2D eigenvalue weighted by Crippen LogP contribution is -2.34. The molecule has 2 aromatic carbocycles. The number of aryl methyl sites for hydroxylation is 1. The zero-order valence-electron chi connectivity index (χ0n) is 15.4. The monoisotopic (exact) mass is 307 g/mol. The molecule has 0 aliphatic heterocycles. The van der Waals surface area contributed by atoms with Crippen LogP contribution in [-0.4, -0.2) is 7.05 Å². The summed E-state index contributed by atoms with van der Waals surface area (Å²) < 4.78 is 0. The lowest BCUT2D eigenvalue weighted by Gasteiger charge is -2.43. The maximum atomic E-state index is 2.44. The summed E-state index contributed by atoms with van der Waals surface area (Å²) in [6.07, 6.45) is 2.52. The van der Waals surface area contributed by atoms with Crippen LogP contribution in [0.5, 0.6) is 0 Å². The molecule has 122 valence electrons. The van der Waals surface area contributed by atoms with Crippen molar-refractivity contribution in [3.05, 3.63) is 59.2 Å². The topological polar surface area (TPSA) is 3.24 Å². The first kappa shape index (κ1) is 16.1. The van der Waals surface area contributed by atoms with E-state index in [9.17, 15) is 0 Å². The molecule has 0 spiro atoms. The van der Waals surface area contributed by atoms with Gasteiger partial charge in [0.05, 0.1) is 0 Å². The van der Waals surface area contributed by atoms with Gasteiger partial charge in [0.15, 0.2) is 0 Å².